The molecule has 1 aliphatic heterocycles. The zero-order valence-electron chi connectivity index (χ0n) is 11.9. The summed E-state index contributed by atoms with van der Waals surface area (Å²) in [6.45, 7) is 6.60. The second-order valence-electron chi connectivity index (χ2n) is 4.45. The molecule has 21 heavy (non-hydrogen) atoms. The Kier molecular flexibility index (Phi) is 5.04. The Bertz CT molecular complexity index is 529. The fourth-order valence-corrected chi connectivity index (χ4v) is 2.07. The van der Waals surface area contributed by atoms with Gasteiger partial charge in [0.05, 0.1) is 11.5 Å². The molecule has 0 spiro atoms. The van der Waals surface area contributed by atoms with Crippen LogP contribution in [-0.4, -0.2) is 34.6 Å². The number of rotatable bonds is 7. The Morgan fingerprint density at radius 3 is 3.00 bits per heavy atom. The minimum Gasteiger partial charge on any atom is -0.473 e. The van der Waals surface area contributed by atoms with Crippen molar-refractivity contribution >= 4 is 11.5 Å². The van der Waals surface area contributed by atoms with Gasteiger partial charge in [0, 0.05) is 13.2 Å². The summed E-state index contributed by atoms with van der Waals surface area (Å²) >= 11 is 0. The maximum Gasteiger partial charge on any atom is 0.372 e. The molecule has 1 aliphatic rings. The quantitative estimate of drug-likeness (QED) is 0.467. The molecule has 0 bridgehead atoms. The molecule has 0 aliphatic carbocycles. The fourth-order valence-electron chi connectivity index (χ4n) is 2.07. The zero-order valence-corrected chi connectivity index (χ0v) is 11.9. The minimum absolute atomic E-state index is 0.0328. The van der Waals surface area contributed by atoms with Crippen LogP contribution in [0.25, 0.3) is 0 Å². The van der Waals surface area contributed by atoms with Crippen LogP contribution in [0.15, 0.2) is 12.7 Å². The van der Waals surface area contributed by atoms with E-state index in [0.717, 1.165) is 12.8 Å². The summed E-state index contributed by atoms with van der Waals surface area (Å²) < 4.78 is 10.8. The third-order valence-electron chi connectivity index (χ3n) is 2.96. The SMILES string of the molecule is C=CCNc1nc(C2CCCO2)nc(OCC)c1[N+](=O)[O-]. The van der Waals surface area contributed by atoms with Gasteiger partial charge in [-0.05, 0) is 19.8 Å². The predicted octanol–water partition coefficient (Wildman–Crippen LogP) is 2.23. The first-order valence-electron chi connectivity index (χ1n) is 6.82. The molecule has 0 saturated carbocycles. The number of hydrogen-bond acceptors (Lipinski definition) is 7. The Morgan fingerprint density at radius 1 is 1.62 bits per heavy atom. The van der Waals surface area contributed by atoms with Gasteiger partial charge < -0.3 is 14.8 Å². The van der Waals surface area contributed by atoms with E-state index in [2.05, 4.69) is 21.9 Å². The molecule has 1 aromatic rings. The number of nitrogens with zero attached hydrogens (tertiary/aromatic N) is 3. The van der Waals surface area contributed by atoms with Crippen LogP contribution in [0.4, 0.5) is 11.5 Å². The first-order chi connectivity index (χ1) is 10.2. The molecule has 8 heteroatoms. The molecule has 0 amide bonds. The molecule has 2 rings (SSSR count). The lowest BCUT2D eigenvalue weighted by molar-refractivity contribution is -0.385. The molecular formula is C13H18N4O4. The average molecular weight is 294 g/mol. The van der Waals surface area contributed by atoms with Gasteiger partial charge in [-0.25, -0.2) is 4.98 Å². The molecule has 0 radical (unpaired) electrons. The van der Waals surface area contributed by atoms with Crippen LogP contribution >= 0.6 is 0 Å². The molecule has 1 N–H and O–H groups in total. The fraction of sp³-hybridized carbons (Fsp3) is 0.538. The molecule has 0 aromatic carbocycles. The van der Waals surface area contributed by atoms with Gasteiger partial charge in [0.15, 0.2) is 5.82 Å². The van der Waals surface area contributed by atoms with Gasteiger partial charge in [-0.2, -0.15) is 4.98 Å². The zero-order chi connectivity index (χ0) is 15.2. The van der Waals surface area contributed by atoms with Crippen molar-refractivity contribution in [3.8, 4) is 5.88 Å². The second-order valence-corrected chi connectivity index (χ2v) is 4.45. The third kappa shape index (κ3) is 3.46. The molecule has 2 heterocycles. The lowest BCUT2D eigenvalue weighted by Crippen LogP contribution is -2.13. The van der Waals surface area contributed by atoms with Gasteiger partial charge in [0.2, 0.25) is 5.82 Å². The first kappa shape index (κ1) is 15.2. The van der Waals surface area contributed by atoms with Gasteiger partial charge in [-0.15, -0.1) is 6.58 Å². The van der Waals surface area contributed by atoms with E-state index in [4.69, 9.17) is 9.47 Å². The summed E-state index contributed by atoms with van der Waals surface area (Å²) in [6, 6.07) is 0. The number of ether oxygens (including phenoxy) is 2. The predicted molar refractivity (Wildman–Crippen MR) is 76.5 cm³/mol. The minimum atomic E-state index is -0.546. The molecule has 1 aromatic heterocycles. The van der Waals surface area contributed by atoms with E-state index in [0.29, 0.717) is 19.0 Å². The highest BCUT2D eigenvalue weighted by atomic mass is 16.6. The van der Waals surface area contributed by atoms with Crippen LogP contribution in [-0.2, 0) is 4.74 Å². The van der Waals surface area contributed by atoms with Crippen molar-refractivity contribution in [3.63, 3.8) is 0 Å². The molecule has 1 unspecified atom stereocenters. The first-order valence-corrected chi connectivity index (χ1v) is 6.82. The van der Waals surface area contributed by atoms with E-state index in [1.165, 1.54) is 0 Å². The highest BCUT2D eigenvalue weighted by molar-refractivity contribution is 5.62. The normalized spacial score (nSPS) is 17.5. The van der Waals surface area contributed by atoms with Crippen molar-refractivity contribution in [2.75, 3.05) is 25.1 Å². The highest BCUT2D eigenvalue weighted by Gasteiger charge is 2.30. The van der Waals surface area contributed by atoms with Crippen molar-refractivity contribution in [3.05, 3.63) is 28.6 Å². The van der Waals surface area contributed by atoms with Gasteiger partial charge in [-0.3, -0.25) is 10.1 Å². The molecule has 8 nitrogen and oxygen atoms in total. The average Bonchev–Trinajstić information content (AvgIpc) is 2.98. The molecule has 1 fully saturated rings. The van der Waals surface area contributed by atoms with Crippen LogP contribution in [0.5, 0.6) is 5.88 Å². The Labute approximate surface area is 122 Å². The van der Waals surface area contributed by atoms with E-state index >= 15 is 0 Å². The van der Waals surface area contributed by atoms with Crippen molar-refractivity contribution in [1.29, 1.82) is 0 Å². The van der Waals surface area contributed by atoms with Crippen LogP contribution in [0.2, 0.25) is 0 Å². The number of aromatic nitrogens is 2. The summed E-state index contributed by atoms with van der Waals surface area (Å²) in [5, 5.41) is 14.1. The van der Waals surface area contributed by atoms with E-state index in [1.54, 1.807) is 13.0 Å². The topological polar surface area (TPSA) is 99.4 Å². The van der Waals surface area contributed by atoms with Crippen molar-refractivity contribution in [2.45, 2.75) is 25.9 Å². The Morgan fingerprint density at radius 2 is 2.43 bits per heavy atom. The summed E-state index contributed by atoms with van der Waals surface area (Å²) in [5.74, 6) is 0.506. The molecule has 114 valence electrons. The van der Waals surface area contributed by atoms with Crippen molar-refractivity contribution in [1.82, 2.24) is 9.97 Å². The molecule has 1 saturated heterocycles. The van der Waals surface area contributed by atoms with E-state index in [9.17, 15) is 10.1 Å². The van der Waals surface area contributed by atoms with Crippen LogP contribution < -0.4 is 10.1 Å². The van der Waals surface area contributed by atoms with Crippen LogP contribution in [0.1, 0.15) is 31.7 Å². The van der Waals surface area contributed by atoms with Crippen LogP contribution in [0, 0.1) is 10.1 Å². The number of anilines is 1. The number of nitro groups is 1. The van der Waals surface area contributed by atoms with Gasteiger partial charge in [0.1, 0.15) is 6.10 Å². The van der Waals surface area contributed by atoms with Crippen molar-refractivity contribution in [2.24, 2.45) is 0 Å². The number of nitrogens with one attached hydrogen (secondary N) is 1. The van der Waals surface area contributed by atoms with Gasteiger partial charge >= 0.3 is 5.69 Å². The number of hydrogen-bond donors (Lipinski definition) is 1. The summed E-state index contributed by atoms with van der Waals surface area (Å²) in [5.41, 5.74) is -0.263. The third-order valence-corrected chi connectivity index (χ3v) is 2.96. The Balaban J connectivity index is 2.45. The van der Waals surface area contributed by atoms with E-state index < -0.39 is 4.92 Å². The lowest BCUT2D eigenvalue weighted by Gasteiger charge is -2.13. The standard InChI is InChI=1S/C13H18N4O4/c1-3-7-14-12-10(17(18)19)13(20-4-2)16-11(15-12)9-6-5-8-21-9/h3,9H,1,4-8H2,2H3,(H,14,15,16). The second kappa shape index (κ2) is 6.98. The van der Waals surface area contributed by atoms with Gasteiger partial charge in [-0.1, -0.05) is 6.08 Å². The largest absolute Gasteiger partial charge is 0.473 e. The summed E-state index contributed by atoms with van der Waals surface area (Å²) in [7, 11) is 0. The van der Waals surface area contributed by atoms with E-state index in [-0.39, 0.29) is 30.1 Å². The summed E-state index contributed by atoms with van der Waals surface area (Å²) in [6.07, 6.45) is 3.07. The van der Waals surface area contributed by atoms with Crippen molar-refractivity contribution < 1.29 is 14.4 Å². The van der Waals surface area contributed by atoms with Crippen LogP contribution in [0.3, 0.4) is 0 Å². The summed E-state index contributed by atoms with van der Waals surface area (Å²) in [4.78, 5) is 19.1. The molecule has 1 atom stereocenters. The monoisotopic (exact) mass is 294 g/mol. The lowest BCUT2D eigenvalue weighted by atomic mass is 10.2. The Hall–Kier alpha value is -2.22. The molecular weight excluding hydrogens is 276 g/mol. The van der Waals surface area contributed by atoms with Gasteiger partial charge in [0.25, 0.3) is 5.88 Å². The highest BCUT2D eigenvalue weighted by Crippen LogP contribution is 2.35. The van der Waals surface area contributed by atoms with E-state index in [1.807, 2.05) is 0 Å². The maximum absolute atomic E-state index is 11.3. The maximum atomic E-state index is 11.3. The smallest absolute Gasteiger partial charge is 0.372 e.